The molecule has 2 aliphatic rings. The van der Waals surface area contributed by atoms with Crippen LogP contribution in [0.15, 0.2) is 24.3 Å². The van der Waals surface area contributed by atoms with E-state index in [1.54, 1.807) is 12.1 Å². The first kappa shape index (κ1) is 16.5. The average molecular weight is 335 g/mol. The van der Waals surface area contributed by atoms with Crippen LogP contribution in [0, 0.1) is 17.3 Å². The van der Waals surface area contributed by atoms with Crippen molar-refractivity contribution in [2.45, 2.75) is 44.9 Å². The molecular formula is C19H23ClO3. The van der Waals surface area contributed by atoms with E-state index < -0.39 is 5.41 Å². The number of halogens is 1. The van der Waals surface area contributed by atoms with Crippen molar-refractivity contribution in [1.82, 2.24) is 0 Å². The second-order valence-electron chi connectivity index (χ2n) is 7.01. The molecular weight excluding hydrogens is 312 g/mol. The number of ketones is 1. The van der Waals surface area contributed by atoms with Crippen LogP contribution in [0.25, 0.3) is 0 Å². The normalized spacial score (nSPS) is 30.6. The first-order valence-electron chi connectivity index (χ1n) is 8.41. The van der Waals surface area contributed by atoms with Gasteiger partial charge >= 0.3 is 5.97 Å². The van der Waals surface area contributed by atoms with Crippen LogP contribution in [0.2, 0.25) is 5.02 Å². The molecule has 2 fully saturated rings. The lowest BCUT2D eigenvalue weighted by Crippen LogP contribution is -2.49. The van der Waals surface area contributed by atoms with Gasteiger partial charge in [0.2, 0.25) is 0 Å². The smallest absolute Gasteiger partial charge is 0.319 e. The third-order valence-electron chi connectivity index (χ3n) is 5.65. The van der Waals surface area contributed by atoms with E-state index in [4.69, 9.17) is 16.3 Å². The van der Waals surface area contributed by atoms with Crippen molar-refractivity contribution in [1.29, 1.82) is 0 Å². The number of esters is 1. The lowest BCUT2D eigenvalue weighted by Gasteiger charge is -2.43. The number of hydrogen-bond donors (Lipinski definition) is 0. The Bertz CT molecular complexity index is 595. The fourth-order valence-corrected chi connectivity index (χ4v) is 4.53. The van der Waals surface area contributed by atoms with Gasteiger partial charge in [0.15, 0.2) is 5.78 Å². The molecule has 23 heavy (non-hydrogen) atoms. The van der Waals surface area contributed by atoms with E-state index >= 15 is 0 Å². The summed E-state index contributed by atoms with van der Waals surface area (Å²) in [4.78, 5) is 25.5. The maximum atomic E-state index is 12.9. The first-order valence-corrected chi connectivity index (χ1v) is 8.79. The van der Waals surface area contributed by atoms with Crippen LogP contribution in [-0.2, 0) is 20.7 Å². The number of ether oxygens (including phenoxy) is 1. The van der Waals surface area contributed by atoms with Gasteiger partial charge in [-0.15, -0.1) is 0 Å². The van der Waals surface area contributed by atoms with Crippen LogP contribution < -0.4 is 0 Å². The number of rotatable bonds is 3. The summed E-state index contributed by atoms with van der Waals surface area (Å²) >= 11 is 5.94. The van der Waals surface area contributed by atoms with Crippen LogP contribution in [0.5, 0.6) is 0 Å². The average Bonchev–Trinajstić information content (AvgIpc) is 2.56. The summed E-state index contributed by atoms with van der Waals surface area (Å²) in [7, 11) is 1.38. The minimum absolute atomic E-state index is 0.0578. The van der Waals surface area contributed by atoms with Crippen molar-refractivity contribution in [2.75, 3.05) is 7.11 Å². The fourth-order valence-electron chi connectivity index (χ4n) is 4.40. The van der Waals surface area contributed by atoms with Gasteiger partial charge in [-0.2, -0.15) is 0 Å². The van der Waals surface area contributed by atoms with Crippen LogP contribution in [0.3, 0.4) is 0 Å². The zero-order chi connectivity index (χ0) is 16.4. The number of methoxy groups -OCH3 is 1. The van der Waals surface area contributed by atoms with Gasteiger partial charge in [-0.05, 0) is 48.8 Å². The largest absolute Gasteiger partial charge is 0.468 e. The third-order valence-corrected chi connectivity index (χ3v) is 5.91. The second-order valence-corrected chi connectivity index (χ2v) is 7.45. The molecule has 0 radical (unpaired) electrons. The Kier molecular flexibility index (Phi) is 4.77. The van der Waals surface area contributed by atoms with Crippen LogP contribution >= 0.6 is 11.6 Å². The number of benzene rings is 1. The van der Waals surface area contributed by atoms with E-state index in [-0.39, 0.29) is 11.8 Å². The summed E-state index contributed by atoms with van der Waals surface area (Å²) in [5.74, 6) is 0.607. The Balaban J connectivity index is 1.91. The van der Waals surface area contributed by atoms with Crippen molar-refractivity contribution < 1.29 is 14.3 Å². The molecule has 0 heterocycles. The van der Waals surface area contributed by atoms with Gasteiger partial charge in [0, 0.05) is 11.4 Å². The van der Waals surface area contributed by atoms with Gasteiger partial charge in [-0.3, -0.25) is 9.59 Å². The number of carbonyl (C=O) groups is 2. The molecule has 0 saturated heterocycles. The molecule has 4 heteroatoms. The van der Waals surface area contributed by atoms with E-state index in [1.165, 1.54) is 20.0 Å². The minimum atomic E-state index is -1.01. The van der Waals surface area contributed by atoms with Crippen LogP contribution in [0.4, 0.5) is 0 Å². The van der Waals surface area contributed by atoms with Crippen molar-refractivity contribution >= 4 is 23.4 Å². The zero-order valence-corrected chi connectivity index (χ0v) is 14.3. The Labute approximate surface area is 142 Å². The highest BCUT2D eigenvalue weighted by Gasteiger charge is 2.53. The van der Waals surface area contributed by atoms with E-state index in [1.807, 2.05) is 12.1 Å². The van der Waals surface area contributed by atoms with Gasteiger partial charge in [-0.1, -0.05) is 43.0 Å². The molecule has 0 aromatic heterocycles. The molecule has 2 aliphatic carbocycles. The van der Waals surface area contributed by atoms with Crippen molar-refractivity contribution in [2.24, 2.45) is 17.3 Å². The van der Waals surface area contributed by atoms with Crippen LogP contribution in [0.1, 0.15) is 44.1 Å². The highest BCUT2D eigenvalue weighted by atomic mass is 35.5. The Morgan fingerprint density at radius 2 is 1.87 bits per heavy atom. The Morgan fingerprint density at radius 3 is 2.52 bits per heavy atom. The van der Waals surface area contributed by atoms with Crippen molar-refractivity contribution in [3.63, 3.8) is 0 Å². The molecule has 124 valence electrons. The topological polar surface area (TPSA) is 43.4 Å². The summed E-state index contributed by atoms with van der Waals surface area (Å²) in [6, 6.07) is 7.40. The zero-order valence-electron chi connectivity index (χ0n) is 13.5. The van der Waals surface area contributed by atoms with Gasteiger partial charge in [0.25, 0.3) is 0 Å². The molecule has 3 nitrogen and oxygen atoms in total. The molecule has 3 rings (SSSR count). The van der Waals surface area contributed by atoms with Crippen LogP contribution in [-0.4, -0.2) is 18.9 Å². The molecule has 1 aromatic carbocycles. The van der Waals surface area contributed by atoms with Gasteiger partial charge in [0.05, 0.1) is 7.11 Å². The molecule has 0 bridgehead atoms. The molecule has 1 aromatic rings. The lowest BCUT2D eigenvalue weighted by atomic mass is 9.59. The molecule has 3 atom stereocenters. The predicted molar refractivity (Wildman–Crippen MR) is 89.3 cm³/mol. The summed E-state index contributed by atoms with van der Waals surface area (Å²) in [5, 5.41) is 0.656. The number of hydrogen-bond acceptors (Lipinski definition) is 3. The predicted octanol–water partition coefficient (Wildman–Crippen LogP) is 4.21. The summed E-state index contributed by atoms with van der Waals surface area (Å²) in [6.07, 6.45) is 6.22. The monoisotopic (exact) mass is 334 g/mol. The molecule has 0 aliphatic heterocycles. The number of Topliss-reactive ketones (excluding diaryl/α,β-unsaturated/α-hetero) is 1. The van der Waals surface area contributed by atoms with E-state index in [2.05, 4.69) is 0 Å². The summed E-state index contributed by atoms with van der Waals surface area (Å²) < 4.78 is 5.05. The molecule has 0 N–H and O–H groups in total. The lowest BCUT2D eigenvalue weighted by molar-refractivity contribution is -0.163. The number of fused-ring (bicyclic) bond motifs is 1. The maximum absolute atomic E-state index is 12.9. The highest BCUT2D eigenvalue weighted by molar-refractivity contribution is 6.30. The minimum Gasteiger partial charge on any atom is -0.468 e. The second kappa shape index (κ2) is 6.64. The van der Waals surface area contributed by atoms with E-state index in [0.717, 1.165) is 18.4 Å². The maximum Gasteiger partial charge on any atom is 0.319 e. The van der Waals surface area contributed by atoms with Gasteiger partial charge in [-0.25, -0.2) is 0 Å². The van der Waals surface area contributed by atoms with E-state index in [0.29, 0.717) is 36.1 Å². The van der Waals surface area contributed by atoms with Crippen molar-refractivity contribution in [3.05, 3.63) is 34.9 Å². The molecule has 0 unspecified atom stereocenters. The Morgan fingerprint density at radius 1 is 1.22 bits per heavy atom. The number of carbonyl (C=O) groups excluding carboxylic acids is 2. The standard InChI is InChI=1S/C19H23ClO3/c1-23-18(22)19(11-13-6-8-16(20)9-7-13)12-15-5-3-2-4-14(15)10-17(19)21/h6-9,14-15H,2-5,10-12H2,1H3/t14-,15-,19+/m0/s1. The summed E-state index contributed by atoms with van der Waals surface area (Å²) in [6.45, 7) is 0. The van der Waals surface area contributed by atoms with Crippen molar-refractivity contribution in [3.8, 4) is 0 Å². The molecule has 0 spiro atoms. The van der Waals surface area contributed by atoms with Gasteiger partial charge < -0.3 is 4.74 Å². The molecule has 2 saturated carbocycles. The summed E-state index contributed by atoms with van der Waals surface area (Å²) in [5.41, 5.74) is -0.0522. The SMILES string of the molecule is COC(=O)[C@]1(Cc2ccc(Cl)cc2)C[C@@H]2CCCC[C@H]2CC1=O. The highest BCUT2D eigenvalue weighted by Crippen LogP contribution is 2.48. The van der Waals surface area contributed by atoms with Gasteiger partial charge in [0.1, 0.15) is 5.41 Å². The van der Waals surface area contributed by atoms with E-state index in [9.17, 15) is 9.59 Å². The quantitative estimate of drug-likeness (QED) is 0.614. The fraction of sp³-hybridized carbons (Fsp3) is 0.579. The Hall–Kier alpha value is -1.35. The third kappa shape index (κ3) is 3.16. The molecule has 0 amide bonds. The first-order chi connectivity index (χ1) is 11.0.